The molecule has 0 saturated carbocycles. The molecule has 120 valence electrons. The maximum absolute atomic E-state index is 9.18. The van der Waals surface area contributed by atoms with Gasteiger partial charge in [-0.2, -0.15) is 0 Å². The Hall–Kier alpha value is -1.68. The smallest absolute Gasteiger partial charge is 0.134 e. The number of aromatic nitrogens is 2. The van der Waals surface area contributed by atoms with Crippen LogP contribution in [-0.2, 0) is 0 Å². The van der Waals surface area contributed by atoms with Gasteiger partial charge in [0.15, 0.2) is 0 Å². The van der Waals surface area contributed by atoms with Crippen LogP contribution in [0.2, 0.25) is 0 Å². The minimum atomic E-state index is -0.0385. The third-order valence-electron chi connectivity index (χ3n) is 3.80. The molecule has 1 atom stereocenters. The molecule has 0 radical (unpaired) electrons. The van der Waals surface area contributed by atoms with Crippen molar-refractivity contribution < 1.29 is 9.84 Å². The van der Waals surface area contributed by atoms with Gasteiger partial charge in [-0.05, 0) is 24.6 Å². The normalized spacial score (nSPS) is 12.5. The van der Waals surface area contributed by atoms with Crippen molar-refractivity contribution in [1.29, 1.82) is 0 Å². The summed E-state index contributed by atoms with van der Waals surface area (Å²) in [5, 5.41) is 10.1. The zero-order chi connectivity index (χ0) is 15.8. The van der Waals surface area contributed by atoms with Gasteiger partial charge in [-0.1, -0.05) is 39.5 Å². The standard InChI is InChI=1S/C18H26N2O2/c1-3-4-5-6-7-10-22-16-8-9-17-15(11-16)12-19-18(20-17)14(2)13-21/h8-9,11-12,14,21H,3-7,10,13H2,1-2H3/t14-/m1/s1. The second-order valence-corrected chi connectivity index (χ2v) is 5.80. The Kier molecular flexibility index (Phi) is 6.59. The van der Waals surface area contributed by atoms with E-state index in [2.05, 4.69) is 16.9 Å². The van der Waals surface area contributed by atoms with E-state index in [1.807, 2.05) is 25.1 Å². The Morgan fingerprint density at radius 1 is 1.18 bits per heavy atom. The number of hydrogen-bond donors (Lipinski definition) is 1. The van der Waals surface area contributed by atoms with Crippen molar-refractivity contribution in [2.45, 2.75) is 51.9 Å². The first-order valence-electron chi connectivity index (χ1n) is 8.25. The molecule has 1 heterocycles. The van der Waals surface area contributed by atoms with Gasteiger partial charge in [-0.15, -0.1) is 0 Å². The van der Waals surface area contributed by atoms with Gasteiger partial charge in [0.05, 0.1) is 18.7 Å². The zero-order valence-electron chi connectivity index (χ0n) is 13.6. The Bertz CT molecular complexity index is 586. The molecule has 1 aromatic carbocycles. The second-order valence-electron chi connectivity index (χ2n) is 5.80. The molecule has 4 heteroatoms. The lowest BCUT2D eigenvalue weighted by atomic mass is 10.1. The van der Waals surface area contributed by atoms with Crippen molar-refractivity contribution >= 4 is 10.9 Å². The average molecular weight is 302 g/mol. The van der Waals surface area contributed by atoms with Crippen LogP contribution in [0.25, 0.3) is 10.9 Å². The molecule has 1 aromatic heterocycles. The zero-order valence-corrected chi connectivity index (χ0v) is 13.6. The molecular weight excluding hydrogens is 276 g/mol. The van der Waals surface area contributed by atoms with Crippen LogP contribution in [0.5, 0.6) is 5.75 Å². The summed E-state index contributed by atoms with van der Waals surface area (Å²) in [4.78, 5) is 8.81. The fourth-order valence-corrected chi connectivity index (χ4v) is 2.33. The number of aliphatic hydroxyl groups is 1. The number of aliphatic hydroxyl groups excluding tert-OH is 1. The SMILES string of the molecule is CCCCCCCOc1ccc2nc([C@H](C)CO)ncc2c1. The first-order valence-corrected chi connectivity index (χ1v) is 8.25. The molecule has 0 unspecified atom stereocenters. The number of nitrogens with zero attached hydrogens (tertiary/aromatic N) is 2. The molecule has 22 heavy (non-hydrogen) atoms. The predicted molar refractivity (Wildman–Crippen MR) is 89.3 cm³/mol. The Labute approximate surface area is 132 Å². The van der Waals surface area contributed by atoms with E-state index >= 15 is 0 Å². The van der Waals surface area contributed by atoms with Crippen LogP contribution in [0.1, 0.15) is 57.7 Å². The summed E-state index contributed by atoms with van der Waals surface area (Å²) in [5.41, 5.74) is 0.889. The summed E-state index contributed by atoms with van der Waals surface area (Å²) in [5.74, 6) is 1.51. The van der Waals surface area contributed by atoms with E-state index in [0.29, 0.717) is 5.82 Å². The highest BCUT2D eigenvalue weighted by Gasteiger charge is 2.08. The summed E-state index contributed by atoms with van der Waals surface area (Å²) in [6.07, 6.45) is 7.99. The fourth-order valence-electron chi connectivity index (χ4n) is 2.33. The quantitative estimate of drug-likeness (QED) is 0.709. The Balaban J connectivity index is 1.93. The first-order chi connectivity index (χ1) is 10.7. The maximum atomic E-state index is 9.18. The number of ether oxygens (including phenoxy) is 1. The van der Waals surface area contributed by atoms with Gasteiger partial charge in [0.1, 0.15) is 11.6 Å². The number of unbranched alkanes of at least 4 members (excludes halogenated alkanes) is 4. The van der Waals surface area contributed by atoms with E-state index in [1.54, 1.807) is 6.20 Å². The highest BCUT2D eigenvalue weighted by Crippen LogP contribution is 2.21. The van der Waals surface area contributed by atoms with Crippen LogP contribution in [0.4, 0.5) is 0 Å². The molecule has 2 rings (SSSR count). The van der Waals surface area contributed by atoms with Crippen LogP contribution in [0.3, 0.4) is 0 Å². The molecule has 0 saturated heterocycles. The van der Waals surface area contributed by atoms with E-state index in [0.717, 1.165) is 29.7 Å². The van der Waals surface area contributed by atoms with E-state index in [1.165, 1.54) is 25.7 Å². The Morgan fingerprint density at radius 2 is 2.00 bits per heavy atom. The van der Waals surface area contributed by atoms with Crippen molar-refractivity contribution in [3.8, 4) is 5.75 Å². The second kappa shape index (κ2) is 8.69. The largest absolute Gasteiger partial charge is 0.494 e. The van der Waals surface area contributed by atoms with Gasteiger partial charge >= 0.3 is 0 Å². The van der Waals surface area contributed by atoms with Crippen LogP contribution in [0, 0.1) is 0 Å². The highest BCUT2D eigenvalue weighted by atomic mass is 16.5. The van der Waals surface area contributed by atoms with Crippen LogP contribution in [0.15, 0.2) is 24.4 Å². The summed E-state index contributed by atoms with van der Waals surface area (Å²) >= 11 is 0. The molecule has 0 amide bonds. The van der Waals surface area contributed by atoms with Gasteiger partial charge in [0, 0.05) is 17.5 Å². The van der Waals surface area contributed by atoms with E-state index in [9.17, 15) is 5.11 Å². The maximum Gasteiger partial charge on any atom is 0.134 e. The molecule has 4 nitrogen and oxygen atoms in total. The lowest BCUT2D eigenvalue weighted by molar-refractivity contribution is 0.269. The van der Waals surface area contributed by atoms with E-state index in [4.69, 9.17) is 4.74 Å². The minimum absolute atomic E-state index is 0.0385. The summed E-state index contributed by atoms with van der Waals surface area (Å²) in [6, 6.07) is 5.89. The van der Waals surface area contributed by atoms with Crippen molar-refractivity contribution in [2.75, 3.05) is 13.2 Å². The lowest BCUT2D eigenvalue weighted by Crippen LogP contribution is -2.04. The molecule has 0 aliphatic heterocycles. The third-order valence-corrected chi connectivity index (χ3v) is 3.80. The van der Waals surface area contributed by atoms with Gasteiger partial charge in [0.2, 0.25) is 0 Å². The van der Waals surface area contributed by atoms with Gasteiger partial charge in [-0.25, -0.2) is 9.97 Å². The predicted octanol–water partition coefficient (Wildman–Crippen LogP) is 4.07. The van der Waals surface area contributed by atoms with E-state index < -0.39 is 0 Å². The summed E-state index contributed by atoms with van der Waals surface area (Å²) in [6.45, 7) is 4.96. The molecule has 0 fully saturated rings. The van der Waals surface area contributed by atoms with E-state index in [-0.39, 0.29) is 12.5 Å². The number of hydrogen-bond acceptors (Lipinski definition) is 4. The van der Waals surface area contributed by atoms with Crippen LogP contribution in [-0.4, -0.2) is 28.3 Å². The number of benzene rings is 1. The third kappa shape index (κ3) is 4.67. The molecule has 2 aromatic rings. The van der Waals surface area contributed by atoms with Crippen molar-refractivity contribution in [3.63, 3.8) is 0 Å². The molecule has 0 aliphatic carbocycles. The molecule has 0 bridgehead atoms. The number of rotatable bonds is 9. The fraction of sp³-hybridized carbons (Fsp3) is 0.556. The van der Waals surface area contributed by atoms with Gasteiger partial charge in [0.25, 0.3) is 0 Å². The first kappa shape index (κ1) is 16.7. The molecule has 0 aliphatic rings. The topological polar surface area (TPSA) is 55.2 Å². The Morgan fingerprint density at radius 3 is 2.77 bits per heavy atom. The average Bonchev–Trinajstić information content (AvgIpc) is 2.56. The van der Waals surface area contributed by atoms with Crippen molar-refractivity contribution in [2.24, 2.45) is 0 Å². The molecular formula is C18H26N2O2. The minimum Gasteiger partial charge on any atom is -0.494 e. The molecule has 1 N–H and O–H groups in total. The van der Waals surface area contributed by atoms with Crippen LogP contribution >= 0.6 is 0 Å². The highest BCUT2D eigenvalue weighted by molar-refractivity contribution is 5.79. The van der Waals surface area contributed by atoms with Crippen molar-refractivity contribution in [1.82, 2.24) is 9.97 Å². The number of fused-ring (bicyclic) bond motifs is 1. The summed E-state index contributed by atoms with van der Waals surface area (Å²) in [7, 11) is 0. The lowest BCUT2D eigenvalue weighted by Gasteiger charge is -2.09. The monoisotopic (exact) mass is 302 g/mol. The van der Waals surface area contributed by atoms with Gasteiger partial charge < -0.3 is 9.84 Å². The molecule has 0 spiro atoms. The van der Waals surface area contributed by atoms with Gasteiger partial charge in [-0.3, -0.25) is 0 Å². The summed E-state index contributed by atoms with van der Waals surface area (Å²) < 4.78 is 5.80. The van der Waals surface area contributed by atoms with Crippen LogP contribution < -0.4 is 4.74 Å². The van der Waals surface area contributed by atoms with Crippen molar-refractivity contribution in [3.05, 3.63) is 30.2 Å².